The normalized spacial score (nSPS) is 11.0. The summed E-state index contributed by atoms with van der Waals surface area (Å²) in [5.74, 6) is 0.336. The predicted octanol–water partition coefficient (Wildman–Crippen LogP) is 2.26. The molecule has 0 radical (unpaired) electrons. The van der Waals surface area contributed by atoms with Gasteiger partial charge in [0.25, 0.3) is 0 Å². The van der Waals surface area contributed by atoms with Crippen molar-refractivity contribution in [3.8, 4) is 5.75 Å². The summed E-state index contributed by atoms with van der Waals surface area (Å²) in [5, 5.41) is 2.69. The van der Waals surface area contributed by atoms with Crippen LogP contribution in [0.25, 0.3) is 0 Å². The molecule has 0 spiro atoms. The van der Waals surface area contributed by atoms with Crippen molar-refractivity contribution < 1.29 is 17.9 Å². The van der Waals surface area contributed by atoms with Gasteiger partial charge in [-0.2, -0.15) is 0 Å². The number of ether oxygens (including phenoxy) is 1. The highest BCUT2D eigenvalue weighted by molar-refractivity contribution is 7.92. The summed E-state index contributed by atoms with van der Waals surface area (Å²) >= 11 is 0. The smallest absolute Gasteiger partial charge is 0.240 e. The standard InChI is InChI=1S/C19H24N2O4S/c1-15-9-10-16(2)18(13-15)21(26(3,23)24)14-19(22)20-11-12-25-17-7-5-4-6-8-17/h4-10,13H,11-12,14H2,1-3H3,(H,20,22). The average molecular weight is 376 g/mol. The van der Waals surface area contributed by atoms with Gasteiger partial charge in [-0.25, -0.2) is 8.42 Å². The van der Waals surface area contributed by atoms with E-state index in [0.717, 1.165) is 27.4 Å². The van der Waals surface area contributed by atoms with E-state index in [1.54, 1.807) is 6.07 Å². The number of hydrogen-bond acceptors (Lipinski definition) is 4. The number of anilines is 1. The third-order valence-electron chi connectivity index (χ3n) is 3.76. The zero-order valence-corrected chi connectivity index (χ0v) is 16.0. The van der Waals surface area contributed by atoms with Gasteiger partial charge in [-0.1, -0.05) is 30.3 Å². The molecule has 6 nitrogen and oxygen atoms in total. The van der Waals surface area contributed by atoms with Gasteiger partial charge in [0.05, 0.1) is 18.5 Å². The van der Waals surface area contributed by atoms with Crippen molar-refractivity contribution in [1.82, 2.24) is 5.32 Å². The third-order valence-corrected chi connectivity index (χ3v) is 4.88. The molecule has 0 aromatic heterocycles. The highest BCUT2D eigenvalue weighted by atomic mass is 32.2. The molecule has 0 fully saturated rings. The molecule has 2 rings (SSSR count). The van der Waals surface area contributed by atoms with Crippen LogP contribution in [0.1, 0.15) is 11.1 Å². The number of rotatable bonds is 8. The number of amides is 1. The molecule has 26 heavy (non-hydrogen) atoms. The molecule has 0 heterocycles. The average Bonchev–Trinajstić information content (AvgIpc) is 2.59. The Labute approximate surface area is 154 Å². The summed E-state index contributed by atoms with van der Waals surface area (Å²) in [7, 11) is -3.58. The fourth-order valence-corrected chi connectivity index (χ4v) is 3.34. The van der Waals surface area contributed by atoms with Crippen LogP contribution in [-0.4, -0.2) is 40.3 Å². The van der Waals surface area contributed by atoms with Crippen molar-refractivity contribution in [2.24, 2.45) is 0 Å². The van der Waals surface area contributed by atoms with Gasteiger partial charge >= 0.3 is 0 Å². The predicted molar refractivity (Wildman–Crippen MR) is 103 cm³/mol. The summed E-state index contributed by atoms with van der Waals surface area (Å²) in [5.41, 5.74) is 2.24. The molecule has 0 saturated heterocycles. The minimum atomic E-state index is -3.58. The van der Waals surface area contributed by atoms with Gasteiger partial charge in [0, 0.05) is 0 Å². The number of carbonyl (C=O) groups excluding carboxylic acids is 1. The molecule has 0 atom stereocenters. The maximum Gasteiger partial charge on any atom is 0.240 e. The summed E-state index contributed by atoms with van der Waals surface area (Å²) in [6, 6.07) is 14.8. The zero-order valence-electron chi connectivity index (χ0n) is 15.2. The highest BCUT2D eigenvalue weighted by Crippen LogP contribution is 2.23. The lowest BCUT2D eigenvalue weighted by Gasteiger charge is -2.24. The first-order valence-corrected chi connectivity index (χ1v) is 10.1. The first-order valence-electron chi connectivity index (χ1n) is 8.27. The van der Waals surface area contributed by atoms with Crippen molar-refractivity contribution in [3.05, 3.63) is 59.7 Å². The van der Waals surface area contributed by atoms with E-state index in [-0.39, 0.29) is 19.0 Å². The lowest BCUT2D eigenvalue weighted by molar-refractivity contribution is -0.119. The second-order valence-corrected chi connectivity index (χ2v) is 7.98. The molecular weight excluding hydrogens is 352 g/mol. The Morgan fingerprint density at radius 3 is 2.46 bits per heavy atom. The van der Waals surface area contributed by atoms with Gasteiger partial charge in [-0.15, -0.1) is 0 Å². The van der Waals surface area contributed by atoms with E-state index in [4.69, 9.17) is 4.74 Å². The number of nitrogens with zero attached hydrogens (tertiary/aromatic N) is 1. The molecule has 2 aromatic rings. The largest absolute Gasteiger partial charge is 0.492 e. The number of benzene rings is 2. The van der Waals surface area contributed by atoms with Gasteiger partial charge in [-0.3, -0.25) is 9.10 Å². The second-order valence-electron chi connectivity index (χ2n) is 6.07. The van der Waals surface area contributed by atoms with E-state index in [1.165, 1.54) is 0 Å². The lowest BCUT2D eigenvalue weighted by Crippen LogP contribution is -2.41. The molecule has 2 aromatic carbocycles. The van der Waals surface area contributed by atoms with Crippen molar-refractivity contribution in [2.45, 2.75) is 13.8 Å². The van der Waals surface area contributed by atoms with Gasteiger partial charge in [0.2, 0.25) is 15.9 Å². The van der Waals surface area contributed by atoms with E-state index < -0.39 is 10.0 Å². The van der Waals surface area contributed by atoms with E-state index in [1.807, 2.05) is 56.3 Å². The SMILES string of the molecule is Cc1ccc(C)c(N(CC(=O)NCCOc2ccccc2)S(C)(=O)=O)c1. The quantitative estimate of drug-likeness (QED) is 0.717. The maximum absolute atomic E-state index is 12.2. The highest BCUT2D eigenvalue weighted by Gasteiger charge is 2.22. The molecule has 0 aliphatic heterocycles. The minimum Gasteiger partial charge on any atom is -0.492 e. The van der Waals surface area contributed by atoms with E-state index in [9.17, 15) is 13.2 Å². The Morgan fingerprint density at radius 2 is 1.81 bits per heavy atom. The van der Waals surface area contributed by atoms with E-state index in [2.05, 4.69) is 5.32 Å². The molecule has 0 bridgehead atoms. The Kier molecular flexibility index (Phi) is 6.63. The fraction of sp³-hybridized carbons (Fsp3) is 0.316. The molecule has 140 valence electrons. The van der Waals surface area contributed by atoms with Crippen LogP contribution in [0.2, 0.25) is 0 Å². The van der Waals surface area contributed by atoms with E-state index in [0.29, 0.717) is 12.3 Å². The Balaban J connectivity index is 1.96. The van der Waals surface area contributed by atoms with Crippen LogP contribution in [0.4, 0.5) is 5.69 Å². The molecule has 1 amide bonds. The third kappa shape index (κ3) is 5.77. The molecule has 1 N–H and O–H groups in total. The lowest BCUT2D eigenvalue weighted by atomic mass is 10.1. The van der Waals surface area contributed by atoms with Gasteiger partial charge in [0.1, 0.15) is 18.9 Å². The summed E-state index contributed by atoms with van der Waals surface area (Å²) in [6.45, 7) is 4.02. The number of para-hydroxylation sites is 1. The zero-order chi connectivity index (χ0) is 19.2. The Bertz CT molecular complexity index is 851. The molecule has 0 aliphatic rings. The molecule has 0 unspecified atom stereocenters. The van der Waals surface area contributed by atoms with Crippen molar-refractivity contribution in [2.75, 3.05) is 30.3 Å². The van der Waals surface area contributed by atoms with Gasteiger partial charge < -0.3 is 10.1 Å². The topological polar surface area (TPSA) is 75.7 Å². The molecular formula is C19H24N2O4S. The first kappa shape index (κ1) is 19.8. The van der Waals surface area contributed by atoms with Crippen LogP contribution >= 0.6 is 0 Å². The number of sulfonamides is 1. The van der Waals surface area contributed by atoms with Crippen LogP contribution in [0.3, 0.4) is 0 Å². The maximum atomic E-state index is 12.2. The molecule has 7 heteroatoms. The van der Waals surface area contributed by atoms with Gasteiger partial charge in [-0.05, 0) is 43.2 Å². The van der Waals surface area contributed by atoms with Crippen LogP contribution in [0.15, 0.2) is 48.5 Å². The fourth-order valence-electron chi connectivity index (χ4n) is 2.43. The minimum absolute atomic E-state index is 0.269. The molecule has 0 saturated carbocycles. The molecule has 0 aliphatic carbocycles. The Morgan fingerprint density at radius 1 is 1.12 bits per heavy atom. The second kappa shape index (κ2) is 8.71. The van der Waals surface area contributed by atoms with Crippen molar-refractivity contribution in [1.29, 1.82) is 0 Å². The van der Waals surface area contributed by atoms with Gasteiger partial charge in [0.15, 0.2) is 0 Å². The van der Waals surface area contributed by atoms with E-state index >= 15 is 0 Å². The number of aryl methyl sites for hydroxylation is 2. The van der Waals surface area contributed by atoms with Crippen molar-refractivity contribution >= 4 is 21.6 Å². The van der Waals surface area contributed by atoms with Crippen molar-refractivity contribution in [3.63, 3.8) is 0 Å². The number of hydrogen-bond donors (Lipinski definition) is 1. The number of nitrogens with one attached hydrogen (secondary N) is 1. The summed E-state index contributed by atoms with van der Waals surface area (Å²) in [4.78, 5) is 12.2. The number of carbonyl (C=O) groups is 1. The monoisotopic (exact) mass is 376 g/mol. The Hall–Kier alpha value is -2.54. The van der Waals surface area contributed by atoms with Crippen LogP contribution in [-0.2, 0) is 14.8 Å². The summed E-state index contributed by atoms with van der Waals surface area (Å²) < 4.78 is 31.0. The first-order chi connectivity index (χ1) is 12.3. The van der Waals surface area contributed by atoms with Crippen LogP contribution in [0, 0.1) is 13.8 Å². The van der Waals surface area contributed by atoms with Crippen LogP contribution < -0.4 is 14.4 Å². The van der Waals surface area contributed by atoms with Crippen LogP contribution in [0.5, 0.6) is 5.75 Å². The summed E-state index contributed by atoms with van der Waals surface area (Å²) in [6.07, 6.45) is 1.10.